The van der Waals surface area contributed by atoms with E-state index in [-0.39, 0.29) is 29.0 Å². The summed E-state index contributed by atoms with van der Waals surface area (Å²) in [6.45, 7) is 3.11. The van der Waals surface area contributed by atoms with Crippen LogP contribution in [0.4, 0.5) is 0 Å². The monoisotopic (exact) mass is 250 g/mol. The standard InChI is InChI=1S/C13H18N2O3/c1-8-5-6-15(10(8)7-14)13(18)9-3-2-4-11(16)12(9)17/h2-4,8,10,16-17H,5-7,14H2,1H3. The van der Waals surface area contributed by atoms with Gasteiger partial charge in [-0.15, -0.1) is 0 Å². The van der Waals surface area contributed by atoms with E-state index in [4.69, 9.17) is 5.73 Å². The first-order chi connectivity index (χ1) is 8.56. The highest BCUT2D eigenvalue weighted by atomic mass is 16.3. The summed E-state index contributed by atoms with van der Waals surface area (Å²) < 4.78 is 0. The Hall–Kier alpha value is -1.75. The SMILES string of the molecule is CC1CCN(C(=O)c2cccc(O)c2O)C1CN. The molecule has 98 valence electrons. The van der Waals surface area contributed by atoms with Gasteiger partial charge < -0.3 is 20.8 Å². The minimum absolute atomic E-state index is 0.000695. The minimum atomic E-state index is -0.363. The lowest BCUT2D eigenvalue weighted by atomic mass is 10.0. The van der Waals surface area contributed by atoms with Gasteiger partial charge in [0.15, 0.2) is 11.5 Å². The van der Waals surface area contributed by atoms with Crippen LogP contribution in [0.5, 0.6) is 11.5 Å². The van der Waals surface area contributed by atoms with E-state index in [0.717, 1.165) is 6.42 Å². The average molecular weight is 250 g/mol. The number of nitrogens with two attached hydrogens (primary N) is 1. The van der Waals surface area contributed by atoms with Crippen molar-refractivity contribution in [1.29, 1.82) is 0 Å². The lowest BCUT2D eigenvalue weighted by Crippen LogP contribution is -2.42. The number of carbonyl (C=O) groups is 1. The molecule has 0 spiro atoms. The van der Waals surface area contributed by atoms with Gasteiger partial charge in [-0.1, -0.05) is 13.0 Å². The number of benzene rings is 1. The van der Waals surface area contributed by atoms with Gasteiger partial charge in [-0.05, 0) is 24.5 Å². The number of hydrogen-bond acceptors (Lipinski definition) is 4. The molecule has 1 aliphatic rings. The van der Waals surface area contributed by atoms with Crippen LogP contribution >= 0.6 is 0 Å². The van der Waals surface area contributed by atoms with E-state index in [9.17, 15) is 15.0 Å². The molecule has 1 fully saturated rings. The van der Waals surface area contributed by atoms with Gasteiger partial charge >= 0.3 is 0 Å². The number of likely N-dealkylation sites (tertiary alicyclic amines) is 1. The topological polar surface area (TPSA) is 86.8 Å². The first-order valence-electron chi connectivity index (χ1n) is 6.08. The molecule has 1 aromatic rings. The Bertz CT molecular complexity index is 462. The van der Waals surface area contributed by atoms with Gasteiger partial charge in [0, 0.05) is 19.1 Å². The summed E-state index contributed by atoms with van der Waals surface area (Å²) in [5, 5.41) is 19.1. The second-order valence-corrected chi connectivity index (χ2v) is 4.74. The quantitative estimate of drug-likeness (QED) is 0.681. The second-order valence-electron chi connectivity index (χ2n) is 4.74. The fourth-order valence-electron chi connectivity index (χ4n) is 2.48. The maximum absolute atomic E-state index is 12.3. The van der Waals surface area contributed by atoms with Gasteiger partial charge in [-0.3, -0.25) is 4.79 Å². The predicted molar refractivity (Wildman–Crippen MR) is 67.4 cm³/mol. The summed E-state index contributed by atoms with van der Waals surface area (Å²) in [6, 6.07) is 4.39. The van der Waals surface area contributed by atoms with Crippen LogP contribution in [0.1, 0.15) is 23.7 Å². The Kier molecular flexibility index (Phi) is 3.43. The van der Waals surface area contributed by atoms with E-state index in [0.29, 0.717) is 19.0 Å². The van der Waals surface area contributed by atoms with Gasteiger partial charge in [-0.25, -0.2) is 0 Å². The Morgan fingerprint density at radius 1 is 1.50 bits per heavy atom. The fraction of sp³-hybridized carbons (Fsp3) is 0.462. The van der Waals surface area contributed by atoms with Crippen LogP contribution in [-0.2, 0) is 0 Å². The summed E-state index contributed by atoms with van der Waals surface area (Å²) in [7, 11) is 0. The molecular weight excluding hydrogens is 232 g/mol. The van der Waals surface area contributed by atoms with Gasteiger partial charge in [0.2, 0.25) is 0 Å². The summed E-state index contributed by atoms with van der Waals surface area (Å²) >= 11 is 0. The molecule has 1 aromatic carbocycles. The van der Waals surface area contributed by atoms with Crippen molar-refractivity contribution in [2.75, 3.05) is 13.1 Å². The molecule has 5 heteroatoms. The zero-order valence-electron chi connectivity index (χ0n) is 10.3. The van der Waals surface area contributed by atoms with Crippen molar-refractivity contribution >= 4 is 5.91 Å². The molecule has 0 radical (unpaired) electrons. The van der Waals surface area contributed by atoms with Crippen LogP contribution in [0.15, 0.2) is 18.2 Å². The molecule has 2 unspecified atom stereocenters. The average Bonchev–Trinajstić information content (AvgIpc) is 2.73. The molecule has 18 heavy (non-hydrogen) atoms. The van der Waals surface area contributed by atoms with E-state index in [1.165, 1.54) is 12.1 Å². The van der Waals surface area contributed by atoms with Crippen molar-refractivity contribution in [1.82, 2.24) is 4.90 Å². The highest BCUT2D eigenvalue weighted by Crippen LogP contribution is 2.32. The van der Waals surface area contributed by atoms with Gasteiger partial charge in [0.05, 0.1) is 5.56 Å². The highest BCUT2D eigenvalue weighted by molar-refractivity contribution is 5.98. The van der Waals surface area contributed by atoms with E-state index in [1.807, 2.05) is 0 Å². The molecule has 1 aliphatic heterocycles. The molecule has 0 aliphatic carbocycles. The molecule has 1 amide bonds. The predicted octanol–water partition coefficient (Wildman–Crippen LogP) is 0.907. The molecule has 1 heterocycles. The molecule has 0 saturated carbocycles. The molecular formula is C13H18N2O3. The number of para-hydroxylation sites is 1. The van der Waals surface area contributed by atoms with E-state index < -0.39 is 0 Å². The molecule has 5 nitrogen and oxygen atoms in total. The van der Waals surface area contributed by atoms with Crippen molar-refractivity contribution in [2.45, 2.75) is 19.4 Å². The summed E-state index contributed by atoms with van der Waals surface area (Å²) in [5.41, 5.74) is 5.82. The molecule has 4 N–H and O–H groups in total. The molecule has 2 atom stereocenters. The maximum atomic E-state index is 12.3. The van der Waals surface area contributed by atoms with Crippen LogP contribution < -0.4 is 5.73 Å². The van der Waals surface area contributed by atoms with Crippen molar-refractivity contribution in [3.8, 4) is 11.5 Å². The third kappa shape index (κ3) is 2.01. The Morgan fingerprint density at radius 2 is 2.22 bits per heavy atom. The zero-order chi connectivity index (χ0) is 13.3. The van der Waals surface area contributed by atoms with E-state index >= 15 is 0 Å². The smallest absolute Gasteiger partial charge is 0.258 e. The Balaban J connectivity index is 2.29. The van der Waals surface area contributed by atoms with Crippen molar-refractivity contribution in [2.24, 2.45) is 11.7 Å². The van der Waals surface area contributed by atoms with Gasteiger partial charge in [-0.2, -0.15) is 0 Å². The van der Waals surface area contributed by atoms with Crippen LogP contribution in [0, 0.1) is 5.92 Å². The molecule has 0 aromatic heterocycles. The third-order valence-electron chi connectivity index (χ3n) is 3.63. The number of aromatic hydroxyl groups is 2. The van der Waals surface area contributed by atoms with E-state index in [1.54, 1.807) is 11.0 Å². The van der Waals surface area contributed by atoms with Crippen molar-refractivity contribution in [3.63, 3.8) is 0 Å². The fourth-order valence-corrected chi connectivity index (χ4v) is 2.48. The lowest BCUT2D eigenvalue weighted by molar-refractivity contribution is 0.0723. The number of amides is 1. The number of phenols is 2. The van der Waals surface area contributed by atoms with Crippen LogP contribution in [-0.4, -0.2) is 40.2 Å². The van der Waals surface area contributed by atoms with Crippen LogP contribution in [0.3, 0.4) is 0 Å². The Labute approximate surface area is 106 Å². The number of nitrogens with zero attached hydrogens (tertiary/aromatic N) is 1. The molecule has 1 saturated heterocycles. The van der Waals surface area contributed by atoms with Crippen LogP contribution in [0.2, 0.25) is 0 Å². The van der Waals surface area contributed by atoms with Crippen molar-refractivity contribution < 1.29 is 15.0 Å². The van der Waals surface area contributed by atoms with Crippen molar-refractivity contribution in [3.05, 3.63) is 23.8 Å². The Morgan fingerprint density at radius 3 is 2.89 bits per heavy atom. The number of hydrogen-bond donors (Lipinski definition) is 3. The molecule has 0 bridgehead atoms. The second kappa shape index (κ2) is 4.86. The highest BCUT2D eigenvalue weighted by Gasteiger charge is 2.34. The summed E-state index contributed by atoms with van der Waals surface area (Å²) in [5.74, 6) is -0.558. The number of phenolic OH excluding ortho intramolecular Hbond substituents is 2. The third-order valence-corrected chi connectivity index (χ3v) is 3.63. The first-order valence-corrected chi connectivity index (χ1v) is 6.08. The zero-order valence-corrected chi connectivity index (χ0v) is 10.3. The lowest BCUT2D eigenvalue weighted by Gasteiger charge is -2.26. The van der Waals surface area contributed by atoms with Gasteiger partial charge in [0.25, 0.3) is 5.91 Å². The van der Waals surface area contributed by atoms with Gasteiger partial charge in [0.1, 0.15) is 0 Å². The normalized spacial score (nSPS) is 23.3. The number of rotatable bonds is 2. The first kappa shape index (κ1) is 12.7. The number of carbonyl (C=O) groups excluding carboxylic acids is 1. The van der Waals surface area contributed by atoms with E-state index in [2.05, 4.69) is 6.92 Å². The largest absolute Gasteiger partial charge is 0.504 e. The summed E-state index contributed by atoms with van der Waals surface area (Å²) in [4.78, 5) is 14.0. The summed E-state index contributed by atoms with van der Waals surface area (Å²) in [6.07, 6.45) is 0.910. The maximum Gasteiger partial charge on any atom is 0.258 e. The minimum Gasteiger partial charge on any atom is -0.504 e. The molecule has 2 rings (SSSR count). The van der Waals surface area contributed by atoms with Crippen LogP contribution in [0.25, 0.3) is 0 Å².